The van der Waals surface area contributed by atoms with Crippen LogP contribution in [0.1, 0.15) is 62.3 Å². The normalized spacial score (nSPS) is 11.9. The van der Waals surface area contributed by atoms with E-state index in [9.17, 15) is 9.59 Å². The number of ether oxygens (including phenoxy) is 2. The first-order chi connectivity index (χ1) is 8.98. The lowest BCUT2D eigenvalue weighted by atomic mass is 10.1. The second kappa shape index (κ2) is 5.65. The third kappa shape index (κ3) is 5.43. The minimum atomic E-state index is -0.584. The van der Waals surface area contributed by atoms with Crippen LogP contribution in [-0.4, -0.2) is 23.1 Å². The van der Waals surface area contributed by atoms with Crippen molar-refractivity contribution in [3.8, 4) is 0 Å². The molecule has 0 amide bonds. The molecule has 0 N–H and O–H groups in total. The highest BCUT2D eigenvalue weighted by molar-refractivity contribution is 5.95. The van der Waals surface area contributed by atoms with E-state index in [1.54, 1.807) is 41.5 Å². The van der Waals surface area contributed by atoms with Crippen molar-refractivity contribution in [3.63, 3.8) is 0 Å². The van der Waals surface area contributed by atoms with Crippen LogP contribution in [0.25, 0.3) is 0 Å². The Morgan fingerprint density at radius 2 is 1.20 bits per heavy atom. The standard InChI is InChI=1S/C16H21O4/c1-15(2,3)19-13(17)11-8-7-9-12(10-11)14(18)20-16(4,5)6/h8-10H,1-6H3. The second-order valence-electron chi connectivity index (χ2n) is 6.51. The maximum Gasteiger partial charge on any atom is 0.338 e. The first-order valence-electron chi connectivity index (χ1n) is 6.46. The number of carbonyl (C=O) groups is 2. The number of carbonyl (C=O) groups excluding carboxylic acids is 2. The molecular formula is C16H21O4. The molecule has 0 atom stereocenters. The topological polar surface area (TPSA) is 52.6 Å². The Hall–Kier alpha value is -1.84. The summed E-state index contributed by atoms with van der Waals surface area (Å²) in [5.41, 5.74) is -0.607. The number of hydrogen-bond acceptors (Lipinski definition) is 4. The molecule has 0 saturated carbocycles. The zero-order valence-electron chi connectivity index (χ0n) is 12.9. The van der Waals surface area contributed by atoms with Crippen molar-refractivity contribution in [1.82, 2.24) is 0 Å². The van der Waals surface area contributed by atoms with Crippen molar-refractivity contribution >= 4 is 11.9 Å². The summed E-state index contributed by atoms with van der Waals surface area (Å²) in [5, 5.41) is 0. The number of hydrogen-bond donors (Lipinski definition) is 0. The minimum Gasteiger partial charge on any atom is -0.456 e. The van der Waals surface area contributed by atoms with E-state index in [2.05, 4.69) is 6.07 Å². The molecule has 0 spiro atoms. The van der Waals surface area contributed by atoms with Gasteiger partial charge in [-0.25, -0.2) is 9.59 Å². The third-order valence-electron chi connectivity index (χ3n) is 2.06. The van der Waals surface area contributed by atoms with Gasteiger partial charge in [-0.2, -0.15) is 0 Å². The molecular weight excluding hydrogens is 256 g/mol. The summed E-state index contributed by atoms with van der Waals surface area (Å²) >= 11 is 0. The molecule has 0 aliphatic carbocycles. The zero-order valence-corrected chi connectivity index (χ0v) is 12.9. The maximum atomic E-state index is 11.9. The molecule has 0 saturated heterocycles. The van der Waals surface area contributed by atoms with E-state index in [1.165, 1.54) is 18.2 Å². The Balaban J connectivity index is 2.91. The van der Waals surface area contributed by atoms with Crippen LogP contribution in [0.5, 0.6) is 0 Å². The number of esters is 2. The monoisotopic (exact) mass is 277 g/mol. The SMILES string of the molecule is CC(C)(C)OC(=O)c1c[c]cc(C(=O)OC(C)(C)C)c1. The lowest BCUT2D eigenvalue weighted by Gasteiger charge is -2.20. The van der Waals surface area contributed by atoms with Crippen LogP contribution in [0.4, 0.5) is 0 Å². The first kappa shape index (κ1) is 16.2. The molecule has 0 unspecified atom stereocenters. The van der Waals surface area contributed by atoms with E-state index in [-0.39, 0.29) is 11.1 Å². The Morgan fingerprint density at radius 3 is 1.50 bits per heavy atom. The largest absolute Gasteiger partial charge is 0.456 e. The highest BCUT2D eigenvalue weighted by Gasteiger charge is 2.21. The van der Waals surface area contributed by atoms with E-state index in [1.807, 2.05) is 0 Å². The fraction of sp³-hybridized carbons (Fsp3) is 0.500. The zero-order chi connectivity index (χ0) is 15.6. The van der Waals surface area contributed by atoms with Crippen molar-refractivity contribution in [2.45, 2.75) is 52.7 Å². The van der Waals surface area contributed by atoms with E-state index in [0.717, 1.165) is 0 Å². The molecule has 4 nitrogen and oxygen atoms in total. The average Bonchev–Trinajstić information content (AvgIpc) is 2.24. The van der Waals surface area contributed by atoms with E-state index in [4.69, 9.17) is 9.47 Å². The number of rotatable bonds is 2. The van der Waals surface area contributed by atoms with Gasteiger partial charge in [-0.15, -0.1) is 0 Å². The predicted octanol–water partition coefficient (Wildman–Crippen LogP) is 3.40. The maximum absolute atomic E-state index is 11.9. The summed E-state index contributed by atoms with van der Waals surface area (Å²) in [6.45, 7) is 10.7. The van der Waals surface area contributed by atoms with Crippen molar-refractivity contribution in [2.24, 2.45) is 0 Å². The molecule has 0 aromatic heterocycles. The van der Waals surface area contributed by atoms with Gasteiger partial charge < -0.3 is 9.47 Å². The summed E-state index contributed by atoms with van der Waals surface area (Å²) in [6.07, 6.45) is 0. The Labute approximate surface area is 120 Å². The minimum absolute atomic E-state index is 0.281. The summed E-state index contributed by atoms with van der Waals surface area (Å²) in [6, 6.07) is 7.19. The molecule has 0 aliphatic heterocycles. The van der Waals surface area contributed by atoms with Gasteiger partial charge in [0.05, 0.1) is 11.1 Å². The van der Waals surface area contributed by atoms with Crippen molar-refractivity contribution < 1.29 is 19.1 Å². The average molecular weight is 277 g/mol. The third-order valence-corrected chi connectivity index (χ3v) is 2.06. The molecule has 1 aromatic carbocycles. The Bertz CT molecular complexity index is 461. The summed E-state index contributed by atoms with van der Waals surface area (Å²) in [5.74, 6) is -0.974. The van der Waals surface area contributed by atoms with E-state index >= 15 is 0 Å². The molecule has 4 heteroatoms. The highest BCUT2D eigenvalue weighted by atomic mass is 16.6. The molecule has 1 rings (SSSR count). The van der Waals surface area contributed by atoms with Gasteiger partial charge in [0.2, 0.25) is 0 Å². The van der Waals surface area contributed by atoms with Gasteiger partial charge in [-0.05, 0) is 65.8 Å². The second-order valence-corrected chi connectivity index (χ2v) is 6.51. The fourth-order valence-corrected chi connectivity index (χ4v) is 1.38. The molecule has 0 fully saturated rings. The van der Waals surface area contributed by atoms with Crippen molar-refractivity contribution in [3.05, 3.63) is 35.4 Å². The van der Waals surface area contributed by atoms with Crippen LogP contribution < -0.4 is 0 Å². The molecule has 0 aliphatic rings. The molecule has 20 heavy (non-hydrogen) atoms. The lowest BCUT2D eigenvalue weighted by molar-refractivity contribution is 0.00676. The number of benzene rings is 1. The fourth-order valence-electron chi connectivity index (χ4n) is 1.38. The summed E-state index contributed by atoms with van der Waals surface area (Å²) < 4.78 is 10.5. The van der Waals surface area contributed by atoms with E-state index in [0.29, 0.717) is 0 Å². The van der Waals surface area contributed by atoms with Crippen LogP contribution in [0.15, 0.2) is 18.2 Å². The van der Waals surface area contributed by atoms with Crippen LogP contribution in [0.2, 0.25) is 0 Å². The van der Waals surface area contributed by atoms with Gasteiger partial charge in [0.15, 0.2) is 0 Å². The molecule has 0 heterocycles. The Kier molecular flexibility index (Phi) is 4.58. The van der Waals surface area contributed by atoms with Crippen LogP contribution in [0.3, 0.4) is 0 Å². The van der Waals surface area contributed by atoms with Gasteiger partial charge in [-0.1, -0.05) is 0 Å². The molecule has 1 aromatic rings. The predicted molar refractivity (Wildman–Crippen MR) is 75.6 cm³/mol. The van der Waals surface area contributed by atoms with Gasteiger partial charge in [0.25, 0.3) is 0 Å². The molecule has 109 valence electrons. The van der Waals surface area contributed by atoms with E-state index < -0.39 is 23.1 Å². The van der Waals surface area contributed by atoms with Gasteiger partial charge in [0, 0.05) is 0 Å². The molecule has 0 bridgehead atoms. The van der Waals surface area contributed by atoms with Gasteiger partial charge >= 0.3 is 11.9 Å². The highest BCUT2D eigenvalue weighted by Crippen LogP contribution is 2.16. The molecule has 1 radical (unpaired) electrons. The lowest BCUT2D eigenvalue weighted by Crippen LogP contribution is -2.25. The quantitative estimate of drug-likeness (QED) is 0.777. The first-order valence-corrected chi connectivity index (χ1v) is 6.46. The summed E-state index contributed by atoms with van der Waals surface area (Å²) in [7, 11) is 0. The van der Waals surface area contributed by atoms with Crippen LogP contribution in [0, 0.1) is 6.07 Å². The van der Waals surface area contributed by atoms with Gasteiger partial charge in [-0.3, -0.25) is 0 Å². The van der Waals surface area contributed by atoms with Crippen LogP contribution >= 0.6 is 0 Å². The van der Waals surface area contributed by atoms with Crippen molar-refractivity contribution in [2.75, 3.05) is 0 Å². The van der Waals surface area contributed by atoms with Crippen LogP contribution in [-0.2, 0) is 9.47 Å². The Morgan fingerprint density at radius 1 is 0.850 bits per heavy atom. The van der Waals surface area contributed by atoms with Crippen molar-refractivity contribution in [1.29, 1.82) is 0 Å². The smallest absolute Gasteiger partial charge is 0.338 e. The van der Waals surface area contributed by atoms with Gasteiger partial charge in [0.1, 0.15) is 11.2 Å². The summed E-state index contributed by atoms with van der Waals surface area (Å²) in [4.78, 5) is 23.9.